The smallest absolute Gasteiger partial charge is 0.240 e. The van der Waals surface area contributed by atoms with E-state index in [1.54, 1.807) is 0 Å². The third-order valence-corrected chi connectivity index (χ3v) is 4.71. The van der Waals surface area contributed by atoms with E-state index in [9.17, 15) is 5.11 Å². The Bertz CT molecular complexity index is 477. The molecule has 0 amide bonds. The molecule has 1 N–H and O–H groups in total. The van der Waals surface area contributed by atoms with Gasteiger partial charge in [-0.25, -0.2) is 0 Å². The molecule has 3 heterocycles. The van der Waals surface area contributed by atoms with Crippen LogP contribution in [-0.2, 0) is 17.7 Å². The van der Waals surface area contributed by atoms with E-state index in [0.717, 1.165) is 38.1 Å². The molecular weight excluding hydrogens is 282 g/mol. The van der Waals surface area contributed by atoms with Crippen LogP contribution in [0.4, 0.5) is 0 Å². The lowest BCUT2D eigenvalue weighted by atomic mass is 9.89. The number of likely N-dealkylation sites (tertiary alicyclic amines) is 1. The van der Waals surface area contributed by atoms with Crippen molar-refractivity contribution < 1.29 is 14.4 Å². The normalized spacial score (nSPS) is 30.3. The highest BCUT2D eigenvalue weighted by Crippen LogP contribution is 2.30. The third kappa shape index (κ3) is 3.67. The van der Waals surface area contributed by atoms with E-state index >= 15 is 0 Å². The minimum Gasteiger partial charge on any atom is -0.393 e. The molecule has 1 aromatic rings. The molecule has 0 aromatic carbocycles. The molecule has 0 spiro atoms. The number of nitrogens with zero attached hydrogens (tertiary/aromatic N) is 3. The van der Waals surface area contributed by atoms with Crippen LogP contribution in [0.5, 0.6) is 0 Å². The molecule has 0 radical (unpaired) electrons. The van der Waals surface area contributed by atoms with Crippen LogP contribution in [0.15, 0.2) is 4.52 Å². The van der Waals surface area contributed by atoms with E-state index < -0.39 is 0 Å². The van der Waals surface area contributed by atoms with Gasteiger partial charge in [-0.1, -0.05) is 19.0 Å². The Balaban J connectivity index is 1.62. The van der Waals surface area contributed by atoms with Crippen LogP contribution in [0.1, 0.15) is 44.8 Å². The fraction of sp³-hybridized carbons (Fsp3) is 0.875. The first-order chi connectivity index (χ1) is 10.6. The predicted octanol–water partition coefficient (Wildman–Crippen LogP) is 1.63. The Kier molecular flexibility index (Phi) is 5.10. The van der Waals surface area contributed by atoms with Crippen molar-refractivity contribution in [2.24, 2.45) is 11.8 Å². The zero-order valence-electron chi connectivity index (χ0n) is 13.6. The number of aliphatic hydroxyl groups is 1. The summed E-state index contributed by atoms with van der Waals surface area (Å²) < 4.78 is 11.0. The molecule has 2 fully saturated rings. The van der Waals surface area contributed by atoms with Gasteiger partial charge in [0, 0.05) is 25.0 Å². The summed E-state index contributed by atoms with van der Waals surface area (Å²) in [6.07, 6.45) is 3.60. The van der Waals surface area contributed by atoms with Crippen LogP contribution >= 0.6 is 0 Å². The first-order valence-electron chi connectivity index (χ1n) is 8.45. The first-order valence-corrected chi connectivity index (χ1v) is 8.45. The van der Waals surface area contributed by atoms with Gasteiger partial charge in [-0.2, -0.15) is 4.98 Å². The van der Waals surface area contributed by atoms with Crippen LogP contribution in [0.3, 0.4) is 0 Å². The largest absolute Gasteiger partial charge is 0.393 e. The van der Waals surface area contributed by atoms with Crippen molar-refractivity contribution in [3.05, 3.63) is 11.7 Å². The summed E-state index contributed by atoms with van der Waals surface area (Å²) in [7, 11) is 0. The fourth-order valence-electron chi connectivity index (χ4n) is 3.63. The number of ether oxygens (including phenoxy) is 1. The van der Waals surface area contributed by atoms with Gasteiger partial charge in [0.25, 0.3) is 0 Å². The van der Waals surface area contributed by atoms with Gasteiger partial charge in [0.2, 0.25) is 5.89 Å². The van der Waals surface area contributed by atoms with Crippen LogP contribution in [0, 0.1) is 11.8 Å². The minimum atomic E-state index is -0.251. The second-order valence-corrected chi connectivity index (χ2v) is 6.98. The van der Waals surface area contributed by atoms with Gasteiger partial charge in [0.1, 0.15) is 0 Å². The van der Waals surface area contributed by atoms with E-state index in [1.165, 1.54) is 0 Å². The summed E-state index contributed by atoms with van der Waals surface area (Å²) in [4.78, 5) is 6.87. The van der Waals surface area contributed by atoms with E-state index in [0.29, 0.717) is 37.6 Å². The maximum Gasteiger partial charge on any atom is 0.240 e. The molecular formula is C16H27N3O3. The van der Waals surface area contributed by atoms with Gasteiger partial charge in [-0.15, -0.1) is 0 Å². The summed E-state index contributed by atoms with van der Waals surface area (Å²) in [6.45, 7) is 7.33. The van der Waals surface area contributed by atoms with Crippen molar-refractivity contribution in [3.63, 3.8) is 0 Å². The lowest BCUT2D eigenvalue weighted by Gasteiger charge is -2.36. The molecule has 3 atom stereocenters. The quantitative estimate of drug-likeness (QED) is 0.891. The molecule has 6 nitrogen and oxygen atoms in total. The van der Waals surface area contributed by atoms with Gasteiger partial charge in [0.15, 0.2) is 5.82 Å². The van der Waals surface area contributed by atoms with Crippen LogP contribution < -0.4 is 0 Å². The monoisotopic (exact) mass is 309 g/mol. The van der Waals surface area contributed by atoms with Gasteiger partial charge in [0.05, 0.1) is 19.3 Å². The summed E-state index contributed by atoms with van der Waals surface area (Å²) >= 11 is 0. The average Bonchev–Trinajstić information content (AvgIpc) is 3.09. The zero-order valence-corrected chi connectivity index (χ0v) is 13.6. The molecule has 22 heavy (non-hydrogen) atoms. The fourth-order valence-corrected chi connectivity index (χ4v) is 3.63. The van der Waals surface area contributed by atoms with Gasteiger partial charge >= 0.3 is 0 Å². The topological polar surface area (TPSA) is 71.6 Å². The molecule has 6 heteroatoms. The molecule has 2 aliphatic heterocycles. The Hall–Kier alpha value is -0.980. The molecule has 1 aromatic heterocycles. The van der Waals surface area contributed by atoms with Gasteiger partial charge in [-0.3, -0.25) is 4.90 Å². The van der Waals surface area contributed by atoms with Crippen molar-refractivity contribution in [1.29, 1.82) is 0 Å². The minimum absolute atomic E-state index is 0.203. The Morgan fingerprint density at radius 2 is 2.23 bits per heavy atom. The van der Waals surface area contributed by atoms with Gasteiger partial charge in [-0.05, 0) is 31.7 Å². The molecule has 0 saturated carbocycles. The highest BCUT2D eigenvalue weighted by molar-refractivity contribution is 4.93. The zero-order chi connectivity index (χ0) is 15.5. The molecule has 2 saturated heterocycles. The lowest BCUT2D eigenvalue weighted by Crippen LogP contribution is -2.45. The number of hydrogen-bond acceptors (Lipinski definition) is 6. The van der Waals surface area contributed by atoms with Crippen molar-refractivity contribution in [2.45, 2.75) is 58.2 Å². The van der Waals surface area contributed by atoms with Crippen molar-refractivity contribution in [3.8, 4) is 0 Å². The number of hydrogen-bond donors (Lipinski definition) is 1. The molecule has 124 valence electrons. The Labute approximate surface area is 131 Å². The van der Waals surface area contributed by atoms with Crippen molar-refractivity contribution >= 4 is 0 Å². The summed E-state index contributed by atoms with van der Waals surface area (Å²) in [5, 5.41) is 14.3. The third-order valence-electron chi connectivity index (χ3n) is 4.71. The molecule has 3 rings (SSSR count). The summed E-state index contributed by atoms with van der Waals surface area (Å²) in [5.74, 6) is 2.21. The van der Waals surface area contributed by atoms with Crippen molar-refractivity contribution in [2.75, 3.05) is 19.8 Å². The van der Waals surface area contributed by atoms with Crippen molar-refractivity contribution in [1.82, 2.24) is 15.0 Å². The number of aromatic nitrogens is 2. The van der Waals surface area contributed by atoms with E-state index in [1.807, 2.05) is 0 Å². The molecule has 0 bridgehead atoms. The predicted molar refractivity (Wildman–Crippen MR) is 81.2 cm³/mol. The average molecular weight is 309 g/mol. The molecule has 2 aliphatic rings. The highest BCUT2D eigenvalue weighted by atomic mass is 16.5. The van der Waals surface area contributed by atoms with E-state index in [2.05, 4.69) is 28.9 Å². The standard InChI is InChI=1S/C16H27N3O3/c1-11(2)8-15-17-16(22-18-15)9-19-6-3-4-13(19)12-10-21-7-5-14(12)20/h11-14,20H,3-10H2,1-2H3/t12-,13+,14+/m0/s1. The van der Waals surface area contributed by atoms with Crippen LogP contribution in [0.2, 0.25) is 0 Å². The number of aliphatic hydroxyl groups excluding tert-OH is 1. The van der Waals surface area contributed by atoms with Crippen LogP contribution in [-0.4, -0.2) is 52.1 Å². The van der Waals surface area contributed by atoms with E-state index in [4.69, 9.17) is 9.26 Å². The second kappa shape index (κ2) is 7.06. The molecule has 0 aliphatic carbocycles. The highest BCUT2D eigenvalue weighted by Gasteiger charge is 2.38. The maximum absolute atomic E-state index is 10.3. The Morgan fingerprint density at radius 3 is 3.00 bits per heavy atom. The van der Waals surface area contributed by atoms with Gasteiger partial charge < -0.3 is 14.4 Å². The molecule has 0 unspecified atom stereocenters. The number of rotatable bonds is 5. The maximum atomic E-state index is 10.3. The Morgan fingerprint density at radius 1 is 1.36 bits per heavy atom. The SMILES string of the molecule is CC(C)Cc1noc(CN2CCC[C@@H]2[C@@H]2COCC[C@H]2O)n1. The lowest BCUT2D eigenvalue weighted by molar-refractivity contribution is -0.0644. The van der Waals surface area contributed by atoms with Crippen LogP contribution in [0.25, 0.3) is 0 Å². The van der Waals surface area contributed by atoms with E-state index in [-0.39, 0.29) is 12.0 Å². The second-order valence-electron chi connectivity index (χ2n) is 6.98. The summed E-state index contributed by atoms with van der Waals surface area (Å²) in [6, 6.07) is 0.357. The first kappa shape index (κ1) is 15.9. The summed E-state index contributed by atoms with van der Waals surface area (Å²) in [5.41, 5.74) is 0.